The van der Waals surface area contributed by atoms with Gasteiger partial charge in [-0.15, -0.1) is 0 Å². The van der Waals surface area contributed by atoms with Crippen LogP contribution in [-0.4, -0.2) is 47.9 Å². The Bertz CT molecular complexity index is 786. The topological polar surface area (TPSA) is 86.7 Å². The number of hydrogen-bond acceptors (Lipinski definition) is 3. The highest BCUT2D eigenvalue weighted by molar-refractivity contribution is 5.88. The van der Waals surface area contributed by atoms with Gasteiger partial charge in [-0.25, -0.2) is 4.79 Å². The van der Waals surface area contributed by atoms with E-state index >= 15 is 0 Å². The van der Waals surface area contributed by atoms with E-state index in [1.165, 1.54) is 17.0 Å². The van der Waals surface area contributed by atoms with Gasteiger partial charge in [-0.05, 0) is 29.7 Å². The van der Waals surface area contributed by atoms with Crippen LogP contribution in [0.2, 0.25) is 0 Å². The number of carbonyl (C=O) groups excluding carboxylic acids is 2. The predicted molar refractivity (Wildman–Crippen MR) is 102 cm³/mol. The van der Waals surface area contributed by atoms with Crippen LogP contribution in [0.4, 0.5) is 0 Å². The van der Waals surface area contributed by atoms with Gasteiger partial charge < -0.3 is 15.3 Å². The van der Waals surface area contributed by atoms with Gasteiger partial charge in [0.25, 0.3) is 0 Å². The average Bonchev–Trinajstić information content (AvgIpc) is 2.66. The Hall–Kier alpha value is -3.15. The van der Waals surface area contributed by atoms with Gasteiger partial charge in [-0.1, -0.05) is 42.5 Å². The first-order chi connectivity index (χ1) is 12.9. The molecule has 0 saturated heterocycles. The highest BCUT2D eigenvalue weighted by atomic mass is 16.4. The first-order valence-electron chi connectivity index (χ1n) is 8.73. The molecule has 142 valence electrons. The highest BCUT2D eigenvalue weighted by Crippen LogP contribution is 2.09. The number of rotatable bonds is 8. The second-order valence-corrected chi connectivity index (χ2v) is 6.54. The number of aromatic carboxylic acids is 1. The summed E-state index contributed by atoms with van der Waals surface area (Å²) >= 11 is 0. The Morgan fingerprint density at radius 2 is 1.59 bits per heavy atom. The molecular formula is C21H24N2O4. The van der Waals surface area contributed by atoms with Crippen LogP contribution in [0.3, 0.4) is 0 Å². The molecule has 2 aromatic carbocycles. The van der Waals surface area contributed by atoms with E-state index in [4.69, 9.17) is 5.11 Å². The molecule has 0 saturated carbocycles. The van der Waals surface area contributed by atoms with Gasteiger partial charge in [0, 0.05) is 26.9 Å². The summed E-state index contributed by atoms with van der Waals surface area (Å²) in [6.45, 7) is 0. The maximum absolute atomic E-state index is 12.4. The lowest BCUT2D eigenvalue weighted by atomic mass is 10.0. The van der Waals surface area contributed by atoms with Crippen LogP contribution in [0.1, 0.15) is 27.9 Å². The third kappa shape index (κ3) is 6.26. The van der Waals surface area contributed by atoms with Crippen LogP contribution in [0.15, 0.2) is 54.6 Å². The second-order valence-electron chi connectivity index (χ2n) is 6.54. The Labute approximate surface area is 158 Å². The standard InChI is InChI=1S/C21H24N2O4/c1-23(2)20(25)18(14-16-6-4-3-5-7-16)22-19(24)13-10-15-8-11-17(12-9-15)21(26)27/h3-9,11-12,18H,10,13-14H2,1-2H3,(H,22,24)(H,26,27). The number of carboxylic acid groups (broad SMARTS) is 1. The van der Waals surface area contributed by atoms with Crippen LogP contribution >= 0.6 is 0 Å². The van der Waals surface area contributed by atoms with E-state index in [-0.39, 0.29) is 23.8 Å². The average molecular weight is 368 g/mol. The van der Waals surface area contributed by atoms with Crippen molar-refractivity contribution in [3.63, 3.8) is 0 Å². The van der Waals surface area contributed by atoms with Gasteiger partial charge in [-0.2, -0.15) is 0 Å². The largest absolute Gasteiger partial charge is 0.478 e. The lowest BCUT2D eigenvalue weighted by Gasteiger charge is -2.22. The zero-order chi connectivity index (χ0) is 19.8. The molecule has 0 aliphatic heterocycles. The first-order valence-corrected chi connectivity index (χ1v) is 8.73. The maximum atomic E-state index is 12.4. The molecule has 1 unspecified atom stereocenters. The molecule has 1 atom stereocenters. The molecule has 0 aliphatic carbocycles. The molecule has 0 spiro atoms. The van der Waals surface area contributed by atoms with Crippen molar-refractivity contribution in [1.29, 1.82) is 0 Å². The fourth-order valence-corrected chi connectivity index (χ4v) is 2.70. The summed E-state index contributed by atoms with van der Waals surface area (Å²) in [5, 5.41) is 11.7. The summed E-state index contributed by atoms with van der Waals surface area (Å²) in [5.41, 5.74) is 2.05. The smallest absolute Gasteiger partial charge is 0.335 e. The van der Waals surface area contributed by atoms with Gasteiger partial charge in [0.1, 0.15) is 6.04 Å². The normalized spacial score (nSPS) is 11.5. The molecule has 0 heterocycles. The molecule has 6 nitrogen and oxygen atoms in total. The van der Waals surface area contributed by atoms with Gasteiger partial charge in [0.05, 0.1) is 5.56 Å². The molecule has 0 fully saturated rings. The number of carbonyl (C=O) groups is 3. The van der Waals surface area contributed by atoms with Gasteiger partial charge >= 0.3 is 5.97 Å². The summed E-state index contributed by atoms with van der Waals surface area (Å²) in [7, 11) is 3.33. The van der Waals surface area contributed by atoms with Crippen LogP contribution in [0, 0.1) is 0 Å². The third-order valence-corrected chi connectivity index (χ3v) is 4.20. The molecule has 0 aliphatic rings. The molecular weight excluding hydrogens is 344 g/mol. The number of hydrogen-bond donors (Lipinski definition) is 2. The van der Waals surface area contributed by atoms with E-state index in [1.807, 2.05) is 30.3 Å². The quantitative estimate of drug-likeness (QED) is 0.747. The fraction of sp³-hybridized carbons (Fsp3) is 0.286. The summed E-state index contributed by atoms with van der Waals surface area (Å²) in [5.74, 6) is -1.35. The van der Waals surface area contributed by atoms with Crippen molar-refractivity contribution in [2.24, 2.45) is 0 Å². The molecule has 2 N–H and O–H groups in total. The van der Waals surface area contributed by atoms with Crippen molar-refractivity contribution in [2.75, 3.05) is 14.1 Å². The van der Waals surface area contributed by atoms with Crippen LogP contribution in [0.25, 0.3) is 0 Å². The number of amides is 2. The number of nitrogens with zero attached hydrogens (tertiary/aromatic N) is 1. The number of nitrogens with one attached hydrogen (secondary N) is 1. The minimum atomic E-state index is -0.981. The van der Waals surface area contributed by atoms with Gasteiger partial charge in [0.2, 0.25) is 11.8 Å². The third-order valence-electron chi connectivity index (χ3n) is 4.20. The molecule has 0 aromatic heterocycles. The summed E-state index contributed by atoms with van der Waals surface area (Å²) in [6.07, 6.45) is 1.12. The van der Waals surface area contributed by atoms with Crippen molar-refractivity contribution in [3.8, 4) is 0 Å². The summed E-state index contributed by atoms with van der Waals surface area (Å²) in [4.78, 5) is 37.1. The Kier molecular flexibility index (Phi) is 7.11. The molecule has 2 rings (SSSR count). The number of aryl methyl sites for hydroxylation is 1. The van der Waals surface area contributed by atoms with Crippen LogP contribution < -0.4 is 5.32 Å². The van der Waals surface area contributed by atoms with Crippen molar-refractivity contribution in [1.82, 2.24) is 10.2 Å². The first kappa shape index (κ1) is 20.2. The Morgan fingerprint density at radius 1 is 0.963 bits per heavy atom. The van der Waals surface area contributed by atoms with Gasteiger partial charge in [-0.3, -0.25) is 9.59 Å². The molecule has 27 heavy (non-hydrogen) atoms. The zero-order valence-electron chi connectivity index (χ0n) is 15.5. The molecule has 0 radical (unpaired) electrons. The van der Waals surface area contributed by atoms with E-state index in [1.54, 1.807) is 26.2 Å². The van der Waals surface area contributed by atoms with E-state index in [9.17, 15) is 14.4 Å². The fourth-order valence-electron chi connectivity index (χ4n) is 2.70. The maximum Gasteiger partial charge on any atom is 0.335 e. The van der Waals surface area contributed by atoms with E-state index in [2.05, 4.69) is 5.32 Å². The number of carboxylic acids is 1. The molecule has 2 amide bonds. The lowest BCUT2D eigenvalue weighted by molar-refractivity contribution is -0.134. The zero-order valence-corrected chi connectivity index (χ0v) is 15.5. The summed E-state index contributed by atoms with van der Waals surface area (Å²) < 4.78 is 0. The number of likely N-dealkylation sites (N-methyl/N-ethyl adjacent to an activating group) is 1. The van der Waals surface area contributed by atoms with E-state index in [0.717, 1.165) is 11.1 Å². The predicted octanol–water partition coefficient (Wildman–Crippen LogP) is 2.13. The van der Waals surface area contributed by atoms with Gasteiger partial charge in [0.15, 0.2) is 0 Å². The van der Waals surface area contributed by atoms with Crippen molar-refractivity contribution < 1.29 is 19.5 Å². The lowest BCUT2D eigenvalue weighted by Crippen LogP contribution is -2.47. The van der Waals surface area contributed by atoms with Crippen molar-refractivity contribution >= 4 is 17.8 Å². The highest BCUT2D eigenvalue weighted by Gasteiger charge is 2.22. The Balaban J connectivity index is 1.96. The molecule has 6 heteroatoms. The minimum absolute atomic E-state index is 0.155. The SMILES string of the molecule is CN(C)C(=O)C(Cc1ccccc1)NC(=O)CCc1ccc(C(=O)O)cc1. The van der Waals surface area contributed by atoms with Crippen LogP contribution in [-0.2, 0) is 22.4 Å². The number of benzene rings is 2. The second kappa shape index (κ2) is 9.52. The van der Waals surface area contributed by atoms with Crippen molar-refractivity contribution in [3.05, 3.63) is 71.3 Å². The minimum Gasteiger partial charge on any atom is -0.478 e. The monoisotopic (exact) mass is 368 g/mol. The van der Waals surface area contributed by atoms with E-state index < -0.39 is 12.0 Å². The van der Waals surface area contributed by atoms with Crippen molar-refractivity contribution in [2.45, 2.75) is 25.3 Å². The molecule has 2 aromatic rings. The Morgan fingerprint density at radius 3 is 2.15 bits per heavy atom. The molecule has 0 bridgehead atoms. The summed E-state index contributed by atoms with van der Waals surface area (Å²) in [6, 6.07) is 15.4. The van der Waals surface area contributed by atoms with Crippen LogP contribution in [0.5, 0.6) is 0 Å². The van der Waals surface area contributed by atoms with E-state index in [0.29, 0.717) is 12.8 Å².